The molecule has 1 aliphatic rings. The van der Waals surface area contributed by atoms with Gasteiger partial charge in [-0.2, -0.15) is 0 Å². The summed E-state index contributed by atoms with van der Waals surface area (Å²) >= 11 is 5.93. The van der Waals surface area contributed by atoms with Crippen LogP contribution < -0.4 is 0 Å². The second kappa shape index (κ2) is 7.09. The van der Waals surface area contributed by atoms with Crippen molar-refractivity contribution in [2.45, 2.75) is 20.3 Å². The monoisotopic (exact) mass is 326 g/mol. The molecule has 0 saturated carbocycles. The molecular formula is C16H20ClFN2O2. The number of rotatable bonds is 3. The van der Waals surface area contributed by atoms with Crippen molar-refractivity contribution in [2.24, 2.45) is 5.92 Å². The number of nitrogens with zero attached hydrogens (tertiary/aromatic N) is 2. The summed E-state index contributed by atoms with van der Waals surface area (Å²) in [6.45, 7) is 5.74. The number of hydrogen-bond donors (Lipinski definition) is 0. The van der Waals surface area contributed by atoms with E-state index in [1.54, 1.807) is 9.80 Å². The topological polar surface area (TPSA) is 40.6 Å². The van der Waals surface area contributed by atoms with E-state index in [4.69, 9.17) is 11.6 Å². The quantitative estimate of drug-likeness (QED) is 0.857. The zero-order valence-electron chi connectivity index (χ0n) is 12.8. The number of hydrogen-bond acceptors (Lipinski definition) is 2. The lowest BCUT2D eigenvalue weighted by atomic mass is 10.1. The molecule has 2 amide bonds. The van der Waals surface area contributed by atoms with Crippen molar-refractivity contribution < 1.29 is 14.0 Å². The zero-order chi connectivity index (χ0) is 16.3. The van der Waals surface area contributed by atoms with Crippen molar-refractivity contribution in [3.63, 3.8) is 0 Å². The standard InChI is InChI=1S/C16H20ClFN2O2/c1-11(2)10-14(21)19-6-8-20(9-7-19)16(22)15-12(17)4-3-5-13(15)18/h3-5,11H,6-10H2,1-2H3. The number of carbonyl (C=O) groups is 2. The molecule has 0 bridgehead atoms. The van der Waals surface area contributed by atoms with Crippen molar-refractivity contribution in [1.29, 1.82) is 0 Å². The van der Waals surface area contributed by atoms with Crippen molar-refractivity contribution in [3.05, 3.63) is 34.6 Å². The summed E-state index contributed by atoms with van der Waals surface area (Å²) in [6, 6.07) is 4.19. The van der Waals surface area contributed by atoms with E-state index >= 15 is 0 Å². The molecule has 0 unspecified atom stereocenters. The molecule has 4 nitrogen and oxygen atoms in total. The fraction of sp³-hybridized carbons (Fsp3) is 0.500. The second-order valence-corrected chi connectivity index (χ2v) is 6.27. The van der Waals surface area contributed by atoms with Crippen LogP contribution in [0.15, 0.2) is 18.2 Å². The molecule has 6 heteroatoms. The van der Waals surface area contributed by atoms with Gasteiger partial charge in [-0.3, -0.25) is 9.59 Å². The van der Waals surface area contributed by atoms with E-state index in [1.807, 2.05) is 13.8 Å². The van der Waals surface area contributed by atoms with Gasteiger partial charge in [-0.05, 0) is 18.1 Å². The minimum absolute atomic E-state index is 0.0916. The minimum Gasteiger partial charge on any atom is -0.339 e. The van der Waals surface area contributed by atoms with Crippen LogP contribution in [0.2, 0.25) is 5.02 Å². The molecule has 0 aromatic heterocycles. The van der Waals surface area contributed by atoms with Gasteiger partial charge in [-0.25, -0.2) is 4.39 Å². The van der Waals surface area contributed by atoms with Gasteiger partial charge < -0.3 is 9.80 Å². The van der Waals surface area contributed by atoms with Crippen LogP contribution in [-0.4, -0.2) is 47.8 Å². The Bertz CT molecular complexity index is 549. The normalized spacial score (nSPS) is 15.3. The van der Waals surface area contributed by atoms with Crippen LogP contribution in [-0.2, 0) is 4.79 Å². The number of carbonyl (C=O) groups excluding carboxylic acids is 2. The van der Waals surface area contributed by atoms with E-state index in [9.17, 15) is 14.0 Å². The van der Waals surface area contributed by atoms with Crippen LogP contribution in [0.4, 0.5) is 4.39 Å². The van der Waals surface area contributed by atoms with E-state index in [1.165, 1.54) is 18.2 Å². The van der Waals surface area contributed by atoms with Crippen molar-refractivity contribution in [2.75, 3.05) is 26.2 Å². The highest BCUT2D eigenvalue weighted by molar-refractivity contribution is 6.33. The van der Waals surface area contributed by atoms with Crippen LogP contribution in [0.5, 0.6) is 0 Å². The van der Waals surface area contributed by atoms with Crippen molar-refractivity contribution >= 4 is 23.4 Å². The minimum atomic E-state index is -0.615. The Hall–Kier alpha value is -1.62. The van der Waals surface area contributed by atoms with Gasteiger partial charge in [0.1, 0.15) is 5.82 Å². The first-order valence-corrected chi connectivity index (χ1v) is 7.79. The fourth-order valence-corrected chi connectivity index (χ4v) is 2.74. The fourth-order valence-electron chi connectivity index (χ4n) is 2.50. The molecule has 1 fully saturated rings. The van der Waals surface area contributed by atoms with E-state index in [0.717, 1.165) is 0 Å². The summed E-state index contributed by atoms with van der Waals surface area (Å²) in [5.74, 6) is -0.620. The molecule has 1 aliphatic heterocycles. The van der Waals surface area contributed by atoms with Crippen LogP contribution in [0, 0.1) is 11.7 Å². The number of amides is 2. The summed E-state index contributed by atoms with van der Waals surface area (Å²) in [5.41, 5.74) is -0.0916. The van der Waals surface area contributed by atoms with Gasteiger partial charge in [0.25, 0.3) is 5.91 Å². The van der Waals surface area contributed by atoms with Gasteiger partial charge in [0.15, 0.2) is 0 Å². The Kier molecular flexibility index (Phi) is 5.40. The maximum Gasteiger partial charge on any atom is 0.258 e. The van der Waals surface area contributed by atoms with E-state index in [0.29, 0.717) is 38.5 Å². The van der Waals surface area contributed by atoms with Gasteiger partial charge in [0.2, 0.25) is 5.91 Å². The largest absolute Gasteiger partial charge is 0.339 e. The van der Waals surface area contributed by atoms with E-state index in [-0.39, 0.29) is 16.5 Å². The first-order chi connectivity index (χ1) is 10.4. The molecule has 0 aliphatic carbocycles. The molecule has 1 heterocycles. The SMILES string of the molecule is CC(C)CC(=O)N1CCN(C(=O)c2c(F)cccc2Cl)CC1. The van der Waals surface area contributed by atoms with Gasteiger partial charge in [-0.1, -0.05) is 31.5 Å². The molecule has 0 N–H and O–H groups in total. The molecule has 0 atom stereocenters. The van der Waals surface area contributed by atoms with Gasteiger partial charge in [0.05, 0.1) is 10.6 Å². The van der Waals surface area contributed by atoms with Crippen LogP contribution in [0.3, 0.4) is 0 Å². The first kappa shape index (κ1) is 16.7. The number of piperazine rings is 1. The Labute approximate surface area is 134 Å². The lowest BCUT2D eigenvalue weighted by Gasteiger charge is -2.35. The summed E-state index contributed by atoms with van der Waals surface area (Å²) in [7, 11) is 0. The predicted molar refractivity (Wildman–Crippen MR) is 83.3 cm³/mol. The smallest absolute Gasteiger partial charge is 0.258 e. The first-order valence-electron chi connectivity index (χ1n) is 7.41. The Morgan fingerprint density at radius 3 is 2.32 bits per heavy atom. The van der Waals surface area contributed by atoms with E-state index < -0.39 is 11.7 Å². The molecule has 120 valence electrons. The number of benzene rings is 1. The Morgan fingerprint density at radius 2 is 1.77 bits per heavy atom. The van der Waals surface area contributed by atoms with Crippen LogP contribution >= 0.6 is 11.6 Å². The van der Waals surface area contributed by atoms with E-state index in [2.05, 4.69) is 0 Å². The van der Waals surface area contributed by atoms with Crippen LogP contribution in [0.1, 0.15) is 30.6 Å². The zero-order valence-corrected chi connectivity index (χ0v) is 13.6. The van der Waals surface area contributed by atoms with Crippen molar-refractivity contribution in [3.8, 4) is 0 Å². The third-order valence-electron chi connectivity index (χ3n) is 3.68. The van der Waals surface area contributed by atoms with Gasteiger partial charge in [-0.15, -0.1) is 0 Å². The van der Waals surface area contributed by atoms with Gasteiger partial charge >= 0.3 is 0 Å². The predicted octanol–water partition coefficient (Wildman–Crippen LogP) is 2.81. The Balaban J connectivity index is 2.00. The third kappa shape index (κ3) is 3.77. The summed E-state index contributed by atoms with van der Waals surface area (Å²) in [5, 5.41) is 0.114. The average Bonchev–Trinajstić information content (AvgIpc) is 2.46. The average molecular weight is 327 g/mol. The van der Waals surface area contributed by atoms with Gasteiger partial charge in [0, 0.05) is 32.6 Å². The van der Waals surface area contributed by atoms with Crippen molar-refractivity contribution in [1.82, 2.24) is 9.80 Å². The molecule has 0 spiro atoms. The molecule has 22 heavy (non-hydrogen) atoms. The maximum absolute atomic E-state index is 13.8. The molecule has 1 aromatic carbocycles. The summed E-state index contributed by atoms with van der Waals surface area (Å²) < 4.78 is 13.8. The Morgan fingerprint density at radius 1 is 1.18 bits per heavy atom. The third-order valence-corrected chi connectivity index (χ3v) is 3.99. The highest BCUT2D eigenvalue weighted by atomic mass is 35.5. The summed E-state index contributed by atoms with van der Waals surface area (Å²) in [4.78, 5) is 27.7. The summed E-state index contributed by atoms with van der Waals surface area (Å²) in [6.07, 6.45) is 0.507. The molecule has 2 rings (SSSR count). The molecule has 0 radical (unpaired) electrons. The second-order valence-electron chi connectivity index (χ2n) is 5.87. The highest BCUT2D eigenvalue weighted by Gasteiger charge is 2.27. The lowest BCUT2D eigenvalue weighted by Crippen LogP contribution is -2.51. The molecular weight excluding hydrogens is 307 g/mol. The lowest BCUT2D eigenvalue weighted by molar-refractivity contribution is -0.133. The van der Waals surface area contributed by atoms with Crippen LogP contribution in [0.25, 0.3) is 0 Å². The molecule has 1 aromatic rings. The maximum atomic E-state index is 13.8. The molecule has 1 saturated heterocycles. The highest BCUT2D eigenvalue weighted by Crippen LogP contribution is 2.21. The number of halogens is 2.